The van der Waals surface area contributed by atoms with E-state index in [0.717, 1.165) is 16.6 Å². The summed E-state index contributed by atoms with van der Waals surface area (Å²) in [4.78, 5) is 28.1. The summed E-state index contributed by atoms with van der Waals surface area (Å²) < 4.78 is 1.70. The van der Waals surface area contributed by atoms with Crippen molar-refractivity contribution < 1.29 is 4.79 Å². The molecule has 1 aromatic carbocycles. The van der Waals surface area contributed by atoms with Gasteiger partial charge in [-0.15, -0.1) is 0 Å². The Hall–Kier alpha value is -2.13. The molecule has 0 bridgehead atoms. The number of fused-ring (bicyclic) bond motifs is 1. The maximum atomic E-state index is 11.7. The Labute approximate surface area is 97.8 Å². The molecule has 0 amide bonds. The van der Waals surface area contributed by atoms with Crippen molar-refractivity contribution in [3.63, 3.8) is 0 Å². The molecule has 1 N–H and O–H groups in total. The first-order chi connectivity index (χ1) is 8.13. The van der Waals surface area contributed by atoms with Crippen LogP contribution >= 0.6 is 0 Å². The average molecular weight is 231 g/mol. The Bertz CT molecular complexity index is 645. The van der Waals surface area contributed by atoms with Gasteiger partial charge < -0.3 is 4.98 Å². The summed E-state index contributed by atoms with van der Waals surface area (Å²) in [6.45, 7) is 4.20. The fraction of sp³-hybridized carbons (Fsp3) is 0.333. The summed E-state index contributed by atoms with van der Waals surface area (Å²) >= 11 is 0. The van der Waals surface area contributed by atoms with E-state index < -0.39 is 0 Å². The van der Waals surface area contributed by atoms with Gasteiger partial charge in [0.05, 0.1) is 17.6 Å². The zero-order chi connectivity index (χ0) is 12.4. The molecule has 0 aliphatic carbocycles. The number of nitrogens with zero attached hydrogens (tertiary/aromatic N) is 2. The van der Waals surface area contributed by atoms with E-state index in [1.165, 1.54) is 6.08 Å². The summed E-state index contributed by atoms with van der Waals surface area (Å²) in [5, 5.41) is 0. The Kier molecular flexibility index (Phi) is 2.93. The van der Waals surface area contributed by atoms with Crippen LogP contribution in [0.4, 0.5) is 0 Å². The number of aromatic amines is 1. The molecule has 0 aliphatic heterocycles. The summed E-state index contributed by atoms with van der Waals surface area (Å²) in [5.41, 5.74) is 2.38. The largest absolute Gasteiger partial charge is 0.326 e. The summed E-state index contributed by atoms with van der Waals surface area (Å²) in [6, 6.07) is 5.66. The Morgan fingerprint density at radius 3 is 2.88 bits per heavy atom. The second-order valence-corrected chi connectivity index (χ2v) is 4.15. The zero-order valence-electron chi connectivity index (χ0n) is 9.73. The molecule has 0 saturated carbocycles. The van der Waals surface area contributed by atoms with Gasteiger partial charge >= 0.3 is 5.69 Å². The number of nitrogens with one attached hydrogen (secondary N) is 1. The van der Waals surface area contributed by atoms with Crippen LogP contribution in [0.15, 0.2) is 28.0 Å². The number of hydrogen-bond donors (Lipinski definition) is 1. The summed E-state index contributed by atoms with van der Waals surface area (Å²) in [7, 11) is 0. The van der Waals surface area contributed by atoms with E-state index in [1.54, 1.807) is 4.57 Å². The number of aliphatic imine (C=N–C) groups is 1. The molecule has 88 valence electrons. The number of hydrogen-bond acceptors (Lipinski definition) is 3. The van der Waals surface area contributed by atoms with Gasteiger partial charge in [0.1, 0.15) is 0 Å². The third-order valence-electron chi connectivity index (χ3n) is 2.62. The molecule has 0 atom stereocenters. The van der Waals surface area contributed by atoms with Gasteiger partial charge in [-0.2, -0.15) is 0 Å². The number of imidazole rings is 1. The second-order valence-electron chi connectivity index (χ2n) is 4.15. The van der Waals surface area contributed by atoms with Gasteiger partial charge in [0.25, 0.3) is 0 Å². The lowest BCUT2D eigenvalue weighted by Gasteiger charge is -2.06. The average Bonchev–Trinajstić information content (AvgIpc) is 2.61. The van der Waals surface area contributed by atoms with Crippen LogP contribution in [-0.4, -0.2) is 15.6 Å². The van der Waals surface area contributed by atoms with E-state index in [0.29, 0.717) is 0 Å². The van der Waals surface area contributed by atoms with Crippen LogP contribution in [0.2, 0.25) is 0 Å². The first-order valence-corrected chi connectivity index (χ1v) is 5.40. The van der Waals surface area contributed by atoms with E-state index in [4.69, 9.17) is 0 Å². The van der Waals surface area contributed by atoms with E-state index in [9.17, 15) is 9.59 Å². The number of aromatic nitrogens is 2. The Balaban J connectivity index is 2.57. The maximum Gasteiger partial charge on any atom is 0.326 e. The molecule has 17 heavy (non-hydrogen) atoms. The molecule has 5 heteroatoms. The fourth-order valence-corrected chi connectivity index (χ4v) is 1.91. The first kappa shape index (κ1) is 11.4. The van der Waals surface area contributed by atoms with Crippen LogP contribution in [0, 0.1) is 0 Å². The van der Waals surface area contributed by atoms with Gasteiger partial charge in [0.15, 0.2) is 0 Å². The van der Waals surface area contributed by atoms with E-state index >= 15 is 0 Å². The van der Waals surface area contributed by atoms with Gasteiger partial charge in [0.2, 0.25) is 6.08 Å². The van der Waals surface area contributed by atoms with Crippen LogP contribution in [0.25, 0.3) is 11.0 Å². The van der Waals surface area contributed by atoms with Crippen molar-refractivity contribution in [2.75, 3.05) is 0 Å². The van der Waals surface area contributed by atoms with Crippen LogP contribution in [-0.2, 0) is 11.3 Å². The van der Waals surface area contributed by atoms with Crippen molar-refractivity contribution in [3.05, 3.63) is 34.2 Å². The topological polar surface area (TPSA) is 67.2 Å². The lowest BCUT2D eigenvalue weighted by molar-refractivity contribution is 0.563. The smallest absolute Gasteiger partial charge is 0.306 e. The molecule has 2 aromatic rings. The van der Waals surface area contributed by atoms with Crippen molar-refractivity contribution in [1.82, 2.24) is 9.55 Å². The minimum atomic E-state index is -0.119. The molecular formula is C12H13N3O2. The van der Waals surface area contributed by atoms with Crippen molar-refractivity contribution in [1.29, 1.82) is 0 Å². The molecule has 0 radical (unpaired) electrons. The Morgan fingerprint density at radius 2 is 2.24 bits per heavy atom. The molecule has 0 saturated heterocycles. The number of H-pyrrole nitrogens is 1. The minimum Gasteiger partial charge on any atom is -0.306 e. The minimum absolute atomic E-state index is 0.107. The normalized spacial score (nSPS) is 10.8. The SMILES string of the molecule is CC(C)n1c(=O)[nH]c2cc(CN=C=O)ccc21. The standard InChI is InChI=1S/C12H13N3O2/c1-8(2)15-11-4-3-9(6-13-7-16)5-10(11)14-12(15)17/h3-5,8H,6H2,1-2H3,(H,14,17). The monoisotopic (exact) mass is 231 g/mol. The van der Waals surface area contributed by atoms with E-state index in [1.807, 2.05) is 32.0 Å². The predicted octanol–water partition coefficient (Wildman–Crippen LogP) is 1.75. The van der Waals surface area contributed by atoms with Crippen LogP contribution in [0.3, 0.4) is 0 Å². The molecule has 0 spiro atoms. The van der Waals surface area contributed by atoms with Crippen LogP contribution in [0.1, 0.15) is 25.5 Å². The summed E-state index contributed by atoms with van der Waals surface area (Å²) in [5.74, 6) is 0. The quantitative estimate of drug-likeness (QED) is 0.646. The lowest BCUT2D eigenvalue weighted by Crippen LogP contribution is -2.18. The molecule has 0 unspecified atom stereocenters. The molecule has 0 fully saturated rings. The van der Waals surface area contributed by atoms with Gasteiger partial charge in [0, 0.05) is 6.04 Å². The summed E-state index contributed by atoms with van der Waals surface area (Å²) in [6.07, 6.45) is 1.50. The van der Waals surface area contributed by atoms with Crippen molar-refractivity contribution in [2.24, 2.45) is 4.99 Å². The first-order valence-electron chi connectivity index (χ1n) is 5.40. The highest BCUT2D eigenvalue weighted by Gasteiger charge is 2.09. The molecule has 2 rings (SSSR count). The van der Waals surface area contributed by atoms with Crippen LogP contribution in [0.5, 0.6) is 0 Å². The highest BCUT2D eigenvalue weighted by atomic mass is 16.1. The van der Waals surface area contributed by atoms with Gasteiger partial charge in [-0.05, 0) is 31.5 Å². The number of rotatable bonds is 3. The number of carbonyl (C=O) groups excluding carboxylic acids is 1. The third kappa shape index (κ3) is 2.05. The molecule has 0 aliphatic rings. The number of isocyanates is 1. The van der Waals surface area contributed by atoms with Gasteiger partial charge in [-0.1, -0.05) is 6.07 Å². The maximum absolute atomic E-state index is 11.7. The van der Waals surface area contributed by atoms with Crippen molar-refractivity contribution in [3.8, 4) is 0 Å². The van der Waals surface area contributed by atoms with Crippen LogP contribution < -0.4 is 5.69 Å². The van der Waals surface area contributed by atoms with E-state index in [2.05, 4.69) is 9.98 Å². The van der Waals surface area contributed by atoms with E-state index in [-0.39, 0.29) is 18.3 Å². The molecule has 5 nitrogen and oxygen atoms in total. The Morgan fingerprint density at radius 1 is 1.47 bits per heavy atom. The lowest BCUT2D eigenvalue weighted by atomic mass is 10.2. The van der Waals surface area contributed by atoms with Crippen molar-refractivity contribution in [2.45, 2.75) is 26.4 Å². The third-order valence-corrected chi connectivity index (χ3v) is 2.62. The zero-order valence-corrected chi connectivity index (χ0v) is 9.73. The highest BCUT2D eigenvalue weighted by Crippen LogP contribution is 2.16. The molecule has 1 heterocycles. The number of benzene rings is 1. The molecule has 1 aromatic heterocycles. The van der Waals surface area contributed by atoms with Crippen molar-refractivity contribution >= 4 is 17.1 Å². The predicted molar refractivity (Wildman–Crippen MR) is 64.8 cm³/mol. The second kappa shape index (κ2) is 4.39. The van der Waals surface area contributed by atoms with Gasteiger partial charge in [-0.3, -0.25) is 4.57 Å². The van der Waals surface area contributed by atoms with Gasteiger partial charge in [-0.25, -0.2) is 14.6 Å². The highest BCUT2D eigenvalue weighted by molar-refractivity contribution is 5.76. The molecular weight excluding hydrogens is 218 g/mol. The fourth-order valence-electron chi connectivity index (χ4n) is 1.91.